The van der Waals surface area contributed by atoms with Crippen molar-refractivity contribution in [3.8, 4) is 0 Å². The second-order valence-corrected chi connectivity index (χ2v) is 5.68. The molecule has 1 aromatic rings. The number of rotatable bonds is 4. The molecule has 0 spiro atoms. The van der Waals surface area contributed by atoms with Gasteiger partial charge in [0.1, 0.15) is 0 Å². The Hall–Kier alpha value is -0.530. The van der Waals surface area contributed by atoms with Crippen LogP contribution in [0.25, 0.3) is 0 Å². The van der Waals surface area contributed by atoms with Gasteiger partial charge >= 0.3 is 0 Å². The molecule has 2 rings (SSSR count). The summed E-state index contributed by atoms with van der Waals surface area (Å²) in [6, 6.07) is 8.62. The fourth-order valence-corrected chi connectivity index (χ4v) is 2.89. The Balaban J connectivity index is 1.83. The average molecular weight is 238 g/mol. The maximum Gasteiger partial charge on any atom is 0.0342 e. The number of aryl methyl sites for hydroxylation is 1. The van der Waals surface area contributed by atoms with E-state index in [0.29, 0.717) is 5.38 Å². The highest BCUT2D eigenvalue weighted by molar-refractivity contribution is 6.21. The van der Waals surface area contributed by atoms with Gasteiger partial charge in [0.25, 0.3) is 0 Å². The minimum absolute atomic E-state index is 0.442. The van der Waals surface area contributed by atoms with Crippen LogP contribution in [-0.2, 0) is 6.54 Å². The molecule has 0 amide bonds. The summed E-state index contributed by atoms with van der Waals surface area (Å²) >= 11 is 5.99. The zero-order valence-electron chi connectivity index (χ0n) is 10.1. The largest absolute Gasteiger partial charge is 0.302 e. The number of nitrogens with zero attached hydrogens (tertiary/aromatic N) is 1. The Kier molecular flexibility index (Phi) is 3.88. The Morgan fingerprint density at radius 2 is 2.00 bits per heavy atom. The maximum absolute atomic E-state index is 5.99. The molecule has 0 aliphatic heterocycles. The Bertz CT molecular complexity index is 344. The molecule has 0 unspecified atom stereocenters. The normalized spacial score (nSPS) is 24.5. The van der Waals surface area contributed by atoms with Crippen molar-refractivity contribution in [2.45, 2.75) is 31.7 Å². The quantitative estimate of drug-likeness (QED) is 0.726. The van der Waals surface area contributed by atoms with Crippen LogP contribution in [0.4, 0.5) is 0 Å². The summed E-state index contributed by atoms with van der Waals surface area (Å²) in [5, 5.41) is 0.442. The highest BCUT2D eigenvalue weighted by atomic mass is 35.5. The molecular weight excluding hydrogens is 218 g/mol. The van der Waals surface area contributed by atoms with E-state index in [2.05, 4.69) is 43.1 Å². The zero-order valence-corrected chi connectivity index (χ0v) is 10.9. The molecule has 0 radical (unpaired) electrons. The van der Waals surface area contributed by atoms with Gasteiger partial charge in [-0.1, -0.05) is 24.3 Å². The molecule has 0 aromatic heterocycles. The molecule has 16 heavy (non-hydrogen) atoms. The van der Waals surface area contributed by atoms with Crippen LogP contribution < -0.4 is 0 Å². The summed E-state index contributed by atoms with van der Waals surface area (Å²) in [6.07, 6.45) is 2.39. The van der Waals surface area contributed by atoms with Gasteiger partial charge in [0, 0.05) is 18.5 Å². The lowest BCUT2D eigenvalue weighted by Crippen LogP contribution is -2.34. The van der Waals surface area contributed by atoms with Crippen LogP contribution in [0.1, 0.15) is 24.0 Å². The lowest BCUT2D eigenvalue weighted by atomic mass is 9.84. The first-order valence-electron chi connectivity index (χ1n) is 6.02. The molecule has 0 saturated heterocycles. The van der Waals surface area contributed by atoms with E-state index in [0.717, 1.165) is 12.5 Å². The van der Waals surface area contributed by atoms with Crippen LogP contribution in [0.2, 0.25) is 0 Å². The molecule has 0 bridgehead atoms. The fourth-order valence-electron chi connectivity index (χ4n) is 2.39. The van der Waals surface area contributed by atoms with Gasteiger partial charge in [-0.3, -0.25) is 0 Å². The summed E-state index contributed by atoms with van der Waals surface area (Å²) in [7, 11) is 2.20. The van der Waals surface area contributed by atoms with Crippen molar-refractivity contribution < 1.29 is 0 Å². The Labute approximate surface area is 103 Å². The Morgan fingerprint density at radius 1 is 1.31 bits per heavy atom. The summed E-state index contributed by atoms with van der Waals surface area (Å²) < 4.78 is 0. The van der Waals surface area contributed by atoms with Crippen LogP contribution >= 0.6 is 11.6 Å². The van der Waals surface area contributed by atoms with E-state index < -0.39 is 0 Å². The molecule has 1 saturated carbocycles. The maximum atomic E-state index is 5.99. The lowest BCUT2D eigenvalue weighted by Gasteiger charge is -2.34. The summed E-state index contributed by atoms with van der Waals surface area (Å²) in [5.74, 6) is 0.816. The van der Waals surface area contributed by atoms with E-state index in [-0.39, 0.29) is 0 Å². The van der Waals surface area contributed by atoms with E-state index in [1.807, 2.05) is 0 Å². The van der Waals surface area contributed by atoms with E-state index in [1.165, 1.54) is 30.5 Å². The molecular formula is C14H20ClN. The minimum Gasteiger partial charge on any atom is -0.302 e. The van der Waals surface area contributed by atoms with Crippen LogP contribution in [0.15, 0.2) is 24.3 Å². The predicted octanol–water partition coefficient (Wildman–Crippen LogP) is 3.44. The minimum atomic E-state index is 0.442. The van der Waals surface area contributed by atoms with Gasteiger partial charge in [-0.25, -0.2) is 0 Å². The van der Waals surface area contributed by atoms with Gasteiger partial charge in [-0.15, -0.1) is 11.6 Å². The van der Waals surface area contributed by atoms with Gasteiger partial charge in [0.2, 0.25) is 0 Å². The standard InChI is InChI=1S/C14H20ClN/c1-11-5-3-4-6-13(11)10-16(2)9-12-7-14(15)8-12/h3-6,12,14H,7-10H2,1-2H3. The molecule has 1 aliphatic rings. The van der Waals surface area contributed by atoms with E-state index >= 15 is 0 Å². The molecule has 0 atom stereocenters. The second kappa shape index (κ2) is 5.20. The fraction of sp³-hybridized carbons (Fsp3) is 0.571. The van der Waals surface area contributed by atoms with Gasteiger partial charge in [-0.05, 0) is 43.9 Å². The van der Waals surface area contributed by atoms with Gasteiger partial charge < -0.3 is 4.90 Å². The van der Waals surface area contributed by atoms with Crippen molar-refractivity contribution in [2.24, 2.45) is 5.92 Å². The molecule has 1 nitrogen and oxygen atoms in total. The number of halogens is 1. The third-order valence-corrected chi connectivity index (χ3v) is 3.81. The SMILES string of the molecule is Cc1ccccc1CN(C)CC1CC(Cl)C1. The third kappa shape index (κ3) is 2.99. The van der Waals surface area contributed by atoms with Crippen LogP contribution in [0.3, 0.4) is 0 Å². The molecule has 1 aromatic carbocycles. The molecule has 0 N–H and O–H groups in total. The third-order valence-electron chi connectivity index (χ3n) is 3.45. The summed E-state index contributed by atoms with van der Waals surface area (Å²) in [5.41, 5.74) is 2.82. The Morgan fingerprint density at radius 3 is 2.62 bits per heavy atom. The van der Waals surface area contributed by atoms with Crippen LogP contribution in [-0.4, -0.2) is 23.9 Å². The highest BCUT2D eigenvalue weighted by Gasteiger charge is 2.27. The van der Waals surface area contributed by atoms with Crippen molar-refractivity contribution >= 4 is 11.6 Å². The van der Waals surface area contributed by atoms with Crippen molar-refractivity contribution in [3.63, 3.8) is 0 Å². The van der Waals surface area contributed by atoms with E-state index in [1.54, 1.807) is 0 Å². The van der Waals surface area contributed by atoms with Crippen LogP contribution in [0.5, 0.6) is 0 Å². The van der Waals surface area contributed by atoms with Crippen molar-refractivity contribution in [3.05, 3.63) is 35.4 Å². The molecule has 0 heterocycles. The lowest BCUT2D eigenvalue weighted by molar-refractivity contribution is 0.204. The van der Waals surface area contributed by atoms with E-state index in [9.17, 15) is 0 Å². The smallest absolute Gasteiger partial charge is 0.0342 e. The van der Waals surface area contributed by atoms with E-state index in [4.69, 9.17) is 11.6 Å². The van der Waals surface area contributed by atoms with Gasteiger partial charge in [-0.2, -0.15) is 0 Å². The first-order chi connectivity index (χ1) is 7.65. The van der Waals surface area contributed by atoms with Crippen molar-refractivity contribution in [2.75, 3.05) is 13.6 Å². The first-order valence-corrected chi connectivity index (χ1v) is 6.46. The predicted molar refractivity (Wildman–Crippen MR) is 69.9 cm³/mol. The van der Waals surface area contributed by atoms with Gasteiger partial charge in [0.15, 0.2) is 0 Å². The summed E-state index contributed by atoms with van der Waals surface area (Å²) in [6.45, 7) is 4.41. The zero-order chi connectivity index (χ0) is 11.5. The first kappa shape index (κ1) is 11.9. The van der Waals surface area contributed by atoms with Gasteiger partial charge in [0.05, 0.1) is 0 Å². The van der Waals surface area contributed by atoms with Crippen molar-refractivity contribution in [1.29, 1.82) is 0 Å². The number of hydrogen-bond donors (Lipinski definition) is 0. The molecule has 1 aliphatic carbocycles. The highest BCUT2D eigenvalue weighted by Crippen LogP contribution is 2.32. The molecule has 2 heteroatoms. The number of benzene rings is 1. The topological polar surface area (TPSA) is 3.24 Å². The number of alkyl halides is 1. The monoisotopic (exact) mass is 237 g/mol. The average Bonchev–Trinajstić information content (AvgIpc) is 2.19. The molecule has 88 valence electrons. The second-order valence-electron chi connectivity index (χ2n) is 5.06. The van der Waals surface area contributed by atoms with Crippen LogP contribution in [0, 0.1) is 12.8 Å². The number of hydrogen-bond acceptors (Lipinski definition) is 1. The summed E-state index contributed by atoms with van der Waals surface area (Å²) in [4.78, 5) is 2.41. The molecule has 1 fully saturated rings. The van der Waals surface area contributed by atoms with Crippen molar-refractivity contribution in [1.82, 2.24) is 4.90 Å².